The molecule has 1 unspecified atom stereocenters. The number of hydrogen-bond acceptors (Lipinski definition) is 2. The number of nitrogens with one attached hydrogen (secondary N) is 1. The lowest BCUT2D eigenvalue weighted by atomic mass is 10.0. The van der Waals surface area contributed by atoms with Crippen molar-refractivity contribution in [2.75, 3.05) is 14.2 Å². The molecular weight excluding hydrogens is 186 g/mol. The van der Waals surface area contributed by atoms with Gasteiger partial charge >= 0.3 is 0 Å². The number of hydrogen-bond donors (Lipinski definition) is 1. The highest BCUT2D eigenvalue weighted by Gasteiger charge is 2.09. The first kappa shape index (κ1) is 12.1. The van der Waals surface area contributed by atoms with Gasteiger partial charge in [0.05, 0.1) is 7.11 Å². The van der Waals surface area contributed by atoms with Gasteiger partial charge in [0.2, 0.25) is 0 Å². The van der Waals surface area contributed by atoms with Crippen LogP contribution >= 0.6 is 0 Å². The monoisotopic (exact) mass is 207 g/mol. The smallest absolute Gasteiger partial charge is 0.122 e. The third-order valence-corrected chi connectivity index (χ3v) is 2.80. The average molecular weight is 207 g/mol. The molecule has 0 amide bonds. The molecule has 2 nitrogen and oxygen atoms in total. The second kappa shape index (κ2) is 5.76. The van der Waals surface area contributed by atoms with E-state index >= 15 is 0 Å². The predicted molar refractivity (Wildman–Crippen MR) is 64.6 cm³/mol. The van der Waals surface area contributed by atoms with E-state index in [0.29, 0.717) is 6.04 Å². The Morgan fingerprint density at radius 3 is 2.67 bits per heavy atom. The highest BCUT2D eigenvalue weighted by molar-refractivity contribution is 5.37. The van der Waals surface area contributed by atoms with Crippen LogP contribution < -0.4 is 10.1 Å². The third-order valence-electron chi connectivity index (χ3n) is 2.80. The molecule has 0 aliphatic heterocycles. The van der Waals surface area contributed by atoms with E-state index in [4.69, 9.17) is 4.74 Å². The fourth-order valence-electron chi connectivity index (χ4n) is 1.78. The van der Waals surface area contributed by atoms with Gasteiger partial charge in [-0.15, -0.1) is 0 Å². The number of aryl methyl sites for hydroxylation is 1. The largest absolute Gasteiger partial charge is 0.496 e. The van der Waals surface area contributed by atoms with Gasteiger partial charge in [-0.25, -0.2) is 0 Å². The van der Waals surface area contributed by atoms with Crippen LogP contribution in [0.3, 0.4) is 0 Å². The Bertz CT molecular complexity index is 305. The summed E-state index contributed by atoms with van der Waals surface area (Å²) in [5.41, 5.74) is 2.58. The van der Waals surface area contributed by atoms with Gasteiger partial charge in [0.25, 0.3) is 0 Å². The molecule has 84 valence electrons. The summed E-state index contributed by atoms with van der Waals surface area (Å²) in [7, 11) is 3.74. The number of likely N-dealkylation sites (N-methyl/N-ethyl adjacent to an activating group) is 1. The van der Waals surface area contributed by atoms with Gasteiger partial charge < -0.3 is 10.1 Å². The van der Waals surface area contributed by atoms with Gasteiger partial charge in [-0.1, -0.05) is 24.6 Å². The average Bonchev–Trinajstić information content (AvgIpc) is 2.26. The van der Waals surface area contributed by atoms with Crippen LogP contribution in [0.1, 0.15) is 24.5 Å². The Hall–Kier alpha value is -1.02. The molecule has 0 radical (unpaired) electrons. The van der Waals surface area contributed by atoms with E-state index in [1.807, 2.05) is 13.1 Å². The van der Waals surface area contributed by atoms with Crippen LogP contribution in [-0.2, 0) is 6.42 Å². The van der Waals surface area contributed by atoms with Gasteiger partial charge in [-0.2, -0.15) is 0 Å². The molecular formula is C13H21NO. The number of rotatable bonds is 5. The number of methoxy groups -OCH3 is 1. The fraction of sp³-hybridized carbons (Fsp3) is 0.538. The minimum Gasteiger partial charge on any atom is -0.496 e. The summed E-state index contributed by atoms with van der Waals surface area (Å²) in [6.07, 6.45) is 2.16. The third kappa shape index (κ3) is 3.24. The Balaban J connectivity index is 2.86. The van der Waals surface area contributed by atoms with Crippen LogP contribution in [0.5, 0.6) is 5.75 Å². The van der Waals surface area contributed by atoms with Crippen molar-refractivity contribution in [1.29, 1.82) is 0 Å². The molecule has 0 saturated carbocycles. The lowest BCUT2D eigenvalue weighted by Crippen LogP contribution is -2.26. The van der Waals surface area contributed by atoms with Crippen molar-refractivity contribution in [3.63, 3.8) is 0 Å². The zero-order chi connectivity index (χ0) is 11.3. The zero-order valence-corrected chi connectivity index (χ0v) is 10.1. The van der Waals surface area contributed by atoms with Gasteiger partial charge in [0.1, 0.15) is 5.75 Å². The van der Waals surface area contributed by atoms with Crippen LogP contribution in [0, 0.1) is 6.92 Å². The van der Waals surface area contributed by atoms with Gasteiger partial charge in [0, 0.05) is 6.04 Å². The Kier molecular flexibility index (Phi) is 4.63. The Labute approximate surface area is 92.6 Å². The van der Waals surface area contributed by atoms with Crippen molar-refractivity contribution in [3.05, 3.63) is 29.3 Å². The summed E-state index contributed by atoms with van der Waals surface area (Å²) >= 11 is 0. The first-order valence-electron chi connectivity index (χ1n) is 5.52. The molecule has 0 bridgehead atoms. The molecule has 15 heavy (non-hydrogen) atoms. The maximum absolute atomic E-state index is 5.36. The maximum atomic E-state index is 5.36. The van der Waals surface area contributed by atoms with E-state index in [0.717, 1.165) is 18.6 Å². The van der Waals surface area contributed by atoms with Crippen molar-refractivity contribution in [1.82, 2.24) is 5.32 Å². The first-order valence-corrected chi connectivity index (χ1v) is 5.52. The van der Waals surface area contributed by atoms with E-state index in [-0.39, 0.29) is 0 Å². The number of ether oxygens (including phenoxy) is 1. The lowest BCUT2D eigenvalue weighted by molar-refractivity contribution is 0.405. The van der Waals surface area contributed by atoms with Crippen molar-refractivity contribution in [2.24, 2.45) is 0 Å². The minimum absolute atomic E-state index is 0.528. The van der Waals surface area contributed by atoms with Crippen LogP contribution in [0.2, 0.25) is 0 Å². The highest BCUT2D eigenvalue weighted by Crippen LogP contribution is 2.21. The van der Waals surface area contributed by atoms with Gasteiger partial charge in [0.15, 0.2) is 0 Å². The molecule has 1 atom stereocenters. The van der Waals surface area contributed by atoms with E-state index in [1.54, 1.807) is 7.11 Å². The zero-order valence-electron chi connectivity index (χ0n) is 10.1. The number of benzene rings is 1. The quantitative estimate of drug-likeness (QED) is 0.801. The van der Waals surface area contributed by atoms with Crippen molar-refractivity contribution >= 4 is 0 Å². The fourth-order valence-corrected chi connectivity index (χ4v) is 1.78. The molecule has 1 rings (SSSR count). The molecule has 0 aromatic heterocycles. The summed E-state index contributed by atoms with van der Waals surface area (Å²) < 4.78 is 5.36. The topological polar surface area (TPSA) is 21.3 Å². The molecule has 1 aromatic carbocycles. The van der Waals surface area contributed by atoms with Crippen LogP contribution in [0.15, 0.2) is 18.2 Å². The highest BCUT2D eigenvalue weighted by atomic mass is 16.5. The molecule has 1 aromatic rings. The molecule has 0 aliphatic carbocycles. The van der Waals surface area contributed by atoms with Crippen molar-refractivity contribution in [3.8, 4) is 5.75 Å². The van der Waals surface area contributed by atoms with Crippen LogP contribution in [0.25, 0.3) is 0 Å². The lowest BCUT2D eigenvalue weighted by Gasteiger charge is -2.16. The van der Waals surface area contributed by atoms with E-state index < -0.39 is 0 Å². The summed E-state index contributed by atoms with van der Waals surface area (Å²) in [6, 6.07) is 6.87. The molecule has 0 spiro atoms. The summed E-state index contributed by atoms with van der Waals surface area (Å²) in [5.74, 6) is 0.995. The van der Waals surface area contributed by atoms with Crippen LogP contribution in [0.4, 0.5) is 0 Å². The van der Waals surface area contributed by atoms with E-state index in [9.17, 15) is 0 Å². The minimum atomic E-state index is 0.528. The van der Waals surface area contributed by atoms with Gasteiger partial charge in [-0.05, 0) is 38.4 Å². The second-order valence-electron chi connectivity index (χ2n) is 3.91. The normalized spacial score (nSPS) is 12.5. The molecule has 0 heterocycles. The second-order valence-corrected chi connectivity index (χ2v) is 3.91. The summed E-state index contributed by atoms with van der Waals surface area (Å²) in [4.78, 5) is 0. The standard InChI is InChI=1S/C13H21NO/c1-5-12(14-3)9-11-8-10(2)6-7-13(11)15-4/h6-8,12,14H,5,9H2,1-4H3. The molecule has 0 fully saturated rings. The summed E-state index contributed by atoms with van der Waals surface area (Å²) in [6.45, 7) is 4.31. The van der Waals surface area contributed by atoms with Gasteiger partial charge in [-0.3, -0.25) is 0 Å². The SMILES string of the molecule is CCC(Cc1cc(C)ccc1OC)NC. The van der Waals surface area contributed by atoms with Crippen LogP contribution in [-0.4, -0.2) is 20.2 Å². The summed E-state index contributed by atoms with van der Waals surface area (Å²) in [5, 5.41) is 3.32. The Morgan fingerprint density at radius 2 is 2.13 bits per heavy atom. The Morgan fingerprint density at radius 1 is 1.40 bits per heavy atom. The van der Waals surface area contributed by atoms with Crippen molar-refractivity contribution in [2.45, 2.75) is 32.7 Å². The maximum Gasteiger partial charge on any atom is 0.122 e. The molecule has 0 aliphatic rings. The van der Waals surface area contributed by atoms with E-state index in [2.05, 4.69) is 31.3 Å². The van der Waals surface area contributed by atoms with Crippen molar-refractivity contribution < 1.29 is 4.74 Å². The molecule has 1 N–H and O–H groups in total. The molecule has 2 heteroatoms. The predicted octanol–water partition coefficient (Wildman–Crippen LogP) is 2.54. The molecule has 0 saturated heterocycles. The first-order chi connectivity index (χ1) is 7.21. The van der Waals surface area contributed by atoms with E-state index in [1.165, 1.54) is 11.1 Å².